The first-order chi connectivity index (χ1) is 14.2. The van der Waals surface area contributed by atoms with Gasteiger partial charge in [-0.3, -0.25) is 4.79 Å². The van der Waals surface area contributed by atoms with Crippen molar-refractivity contribution in [1.29, 1.82) is 0 Å². The molecule has 0 aliphatic carbocycles. The number of hydrogen-bond donors (Lipinski definition) is 0. The molecule has 5 heteroatoms. The maximum atomic E-state index is 12.7. The van der Waals surface area contributed by atoms with Gasteiger partial charge in [0.2, 0.25) is 12.7 Å². The highest BCUT2D eigenvalue weighted by atomic mass is 16.7. The van der Waals surface area contributed by atoms with E-state index >= 15 is 0 Å². The van der Waals surface area contributed by atoms with E-state index in [1.807, 2.05) is 77.7 Å². The van der Waals surface area contributed by atoms with Gasteiger partial charge >= 0.3 is 0 Å². The van der Waals surface area contributed by atoms with Gasteiger partial charge in [0, 0.05) is 13.5 Å². The Morgan fingerprint density at radius 3 is 2.38 bits per heavy atom. The number of ether oxygens (including phenoxy) is 3. The van der Waals surface area contributed by atoms with Gasteiger partial charge < -0.3 is 19.1 Å². The SMILES string of the molecule is COc1ccc(CN(C(C)=O)C(c2ccccc2)c2ccc3c(c2)OCO3)cc1. The van der Waals surface area contributed by atoms with Crippen LogP contribution in [0.25, 0.3) is 0 Å². The molecule has 0 aromatic heterocycles. The number of nitrogens with zero attached hydrogens (tertiary/aromatic N) is 1. The van der Waals surface area contributed by atoms with Crippen LogP contribution >= 0.6 is 0 Å². The summed E-state index contributed by atoms with van der Waals surface area (Å²) in [5.41, 5.74) is 3.04. The summed E-state index contributed by atoms with van der Waals surface area (Å²) in [5.74, 6) is 2.22. The normalized spacial score (nSPS) is 13.0. The molecule has 0 bridgehead atoms. The van der Waals surface area contributed by atoms with E-state index in [1.54, 1.807) is 14.0 Å². The van der Waals surface area contributed by atoms with Gasteiger partial charge in [0.25, 0.3) is 0 Å². The summed E-state index contributed by atoms with van der Waals surface area (Å²) in [5, 5.41) is 0. The molecule has 1 aliphatic heterocycles. The average Bonchev–Trinajstić information content (AvgIpc) is 3.22. The van der Waals surface area contributed by atoms with Crippen LogP contribution in [0.2, 0.25) is 0 Å². The number of amides is 1. The highest BCUT2D eigenvalue weighted by Gasteiger charge is 2.27. The molecule has 1 amide bonds. The van der Waals surface area contributed by atoms with Gasteiger partial charge in [-0.2, -0.15) is 0 Å². The first kappa shape index (κ1) is 18.9. The summed E-state index contributed by atoms with van der Waals surface area (Å²) < 4.78 is 16.3. The lowest BCUT2D eigenvalue weighted by Crippen LogP contribution is -2.33. The molecule has 1 atom stereocenters. The van der Waals surface area contributed by atoms with Gasteiger partial charge in [-0.15, -0.1) is 0 Å². The molecule has 0 saturated heterocycles. The van der Waals surface area contributed by atoms with E-state index in [0.717, 1.165) is 28.2 Å². The van der Waals surface area contributed by atoms with E-state index in [4.69, 9.17) is 14.2 Å². The van der Waals surface area contributed by atoms with Gasteiger partial charge in [-0.25, -0.2) is 0 Å². The van der Waals surface area contributed by atoms with E-state index < -0.39 is 0 Å². The quantitative estimate of drug-likeness (QED) is 0.620. The van der Waals surface area contributed by atoms with E-state index in [2.05, 4.69) is 0 Å². The van der Waals surface area contributed by atoms with Crippen LogP contribution < -0.4 is 14.2 Å². The molecular formula is C24H23NO4. The van der Waals surface area contributed by atoms with E-state index in [1.165, 1.54) is 0 Å². The van der Waals surface area contributed by atoms with Crippen LogP contribution in [0.1, 0.15) is 29.7 Å². The van der Waals surface area contributed by atoms with Crippen LogP contribution in [0.15, 0.2) is 72.8 Å². The standard InChI is InChI=1S/C24H23NO4/c1-17(26)25(15-18-8-11-21(27-2)12-9-18)24(19-6-4-3-5-7-19)20-10-13-22-23(14-20)29-16-28-22/h3-14,24H,15-16H2,1-2H3. The zero-order chi connectivity index (χ0) is 20.2. The minimum atomic E-state index is -0.245. The second-order valence-electron chi connectivity index (χ2n) is 6.92. The number of benzene rings is 3. The zero-order valence-corrected chi connectivity index (χ0v) is 16.5. The minimum Gasteiger partial charge on any atom is -0.497 e. The number of rotatable bonds is 6. The molecule has 0 N–H and O–H groups in total. The molecular weight excluding hydrogens is 366 g/mol. The highest BCUT2D eigenvalue weighted by Crippen LogP contribution is 2.38. The monoisotopic (exact) mass is 389 g/mol. The predicted molar refractivity (Wildman–Crippen MR) is 110 cm³/mol. The second-order valence-corrected chi connectivity index (χ2v) is 6.92. The molecule has 0 fully saturated rings. The van der Waals surface area contributed by atoms with Crippen LogP contribution in [-0.2, 0) is 11.3 Å². The molecule has 1 heterocycles. The summed E-state index contributed by atoms with van der Waals surface area (Å²) >= 11 is 0. The number of carbonyl (C=O) groups is 1. The van der Waals surface area contributed by atoms with Crippen LogP contribution in [0.5, 0.6) is 17.2 Å². The third kappa shape index (κ3) is 4.04. The second kappa shape index (κ2) is 8.27. The van der Waals surface area contributed by atoms with Crippen molar-refractivity contribution in [3.63, 3.8) is 0 Å². The smallest absolute Gasteiger partial charge is 0.231 e. The fourth-order valence-electron chi connectivity index (χ4n) is 3.58. The average molecular weight is 389 g/mol. The number of methoxy groups -OCH3 is 1. The van der Waals surface area contributed by atoms with Gasteiger partial charge in [-0.05, 0) is 41.0 Å². The number of hydrogen-bond acceptors (Lipinski definition) is 4. The zero-order valence-electron chi connectivity index (χ0n) is 16.5. The highest BCUT2D eigenvalue weighted by molar-refractivity contribution is 5.74. The Labute approximate surface area is 170 Å². The molecule has 3 aromatic rings. The first-order valence-electron chi connectivity index (χ1n) is 9.50. The van der Waals surface area contributed by atoms with Gasteiger partial charge in [0.1, 0.15) is 5.75 Å². The molecule has 29 heavy (non-hydrogen) atoms. The largest absolute Gasteiger partial charge is 0.497 e. The van der Waals surface area contributed by atoms with Crippen molar-refractivity contribution in [2.45, 2.75) is 19.5 Å². The van der Waals surface area contributed by atoms with Crippen molar-refractivity contribution in [3.05, 3.63) is 89.5 Å². The Balaban J connectivity index is 1.74. The topological polar surface area (TPSA) is 48.0 Å². The van der Waals surface area contributed by atoms with Crippen molar-refractivity contribution in [3.8, 4) is 17.2 Å². The van der Waals surface area contributed by atoms with Crippen LogP contribution in [0.4, 0.5) is 0 Å². The van der Waals surface area contributed by atoms with Crippen molar-refractivity contribution >= 4 is 5.91 Å². The molecule has 0 spiro atoms. The maximum absolute atomic E-state index is 12.7. The third-order valence-corrected chi connectivity index (χ3v) is 5.06. The Kier molecular flexibility index (Phi) is 5.38. The van der Waals surface area contributed by atoms with E-state index in [-0.39, 0.29) is 18.7 Å². The van der Waals surface area contributed by atoms with Crippen LogP contribution in [0, 0.1) is 0 Å². The molecule has 148 valence electrons. The van der Waals surface area contributed by atoms with Gasteiger partial charge in [-0.1, -0.05) is 48.5 Å². The predicted octanol–water partition coefficient (Wildman–Crippen LogP) is 4.56. The molecule has 0 radical (unpaired) electrons. The molecule has 5 nitrogen and oxygen atoms in total. The Morgan fingerprint density at radius 1 is 0.966 bits per heavy atom. The van der Waals surface area contributed by atoms with Crippen molar-refractivity contribution in [1.82, 2.24) is 4.90 Å². The summed E-state index contributed by atoms with van der Waals surface area (Å²) in [6, 6.07) is 23.4. The lowest BCUT2D eigenvalue weighted by Gasteiger charge is -2.32. The van der Waals surface area contributed by atoms with Gasteiger partial charge in [0.15, 0.2) is 11.5 Å². The fraction of sp³-hybridized carbons (Fsp3) is 0.208. The number of carbonyl (C=O) groups excluding carboxylic acids is 1. The van der Waals surface area contributed by atoms with Crippen molar-refractivity contribution in [2.75, 3.05) is 13.9 Å². The van der Waals surface area contributed by atoms with Crippen molar-refractivity contribution in [2.24, 2.45) is 0 Å². The Morgan fingerprint density at radius 2 is 1.69 bits per heavy atom. The Hall–Kier alpha value is -3.47. The van der Waals surface area contributed by atoms with Gasteiger partial charge in [0.05, 0.1) is 13.2 Å². The van der Waals surface area contributed by atoms with Crippen molar-refractivity contribution < 1.29 is 19.0 Å². The molecule has 0 saturated carbocycles. The number of fused-ring (bicyclic) bond motifs is 1. The summed E-state index contributed by atoms with van der Waals surface area (Å²) in [6.07, 6.45) is 0. The molecule has 4 rings (SSSR count). The lowest BCUT2D eigenvalue weighted by molar-refractivity contribution is -0.131. The van der Waals surface area contributed by atoms with E-state index in [9.17, 15) is 4.79 Å². The van der Waals surface area contributed by atoms with E-state index in [0.29, 0.717) is 12.3 Å². The maximum Gasteiger partial charge on any atom is 0.231 e. The summed E-state index contributed by atoms with van der Waals surface area (Å²) in [7, 11) is 1.64. The third-order valence-electron chi connectivity index (χ3n) is 5.06. The first-order valence-corrected chi connectivity index (χ1v) is 9.50. The fourth-order valence-corrected chi connectivity index (χ4v) is 3.58. The summed E-state index contributed by atoms with van der Waals surface area (Å²) in [6.45, 7) is 2.30. The minimum absolute atomic E-state index is 0.00709. The van der Waals surface area contributed by atoms with Crippen LogP contribution in [-0.4, -0.2) is 24.7 Å². The Bertz CT molecular complexity index is 986. The molecule has 1 aliphatic rings. The van der Waals surface area contributed by atoms with Crippen LogP contribution in [0.3, 0.4) is 0 Å². The summed E-state index contributed by atoms with van der Waals surface area (Å²) in [4.78, 5) is 14.6. The molecule has 1 unspecified atom stereocenters. The lowest BCUT2D eigenvalue weighted by atomic mass is 9.96. The molecule has 3 aromatic carbocycles.